The molecule has 2 rings (SSSR count). The zero-order valence-corrected chi connectivity index (χ0v) is 9.10. The predicted octanol–water partition coefficient (Wildman–Crippen LogP) is 0.658. The maximum atomic E-state index is 11.5. The Bertz CT molecular complexity index is 310. The maximum absolute atomic E-state index is 11.5. The molecule has 2 aliphatic rings. The van der Waals surface area contributed by atoms with E-state index in [1.54, 1.807) is 0 Å². The monoisotopic (exact) mass is 203 g/mol. The summed E-state index contributed by atoms with van der Waals surface area (Å²) >= 11 is 0. The predicted molar refractivity (Wildman–Crippen MR) is 52.5 cm³/mol. The van der Waals surface area contributed by atoms with Crippen molar-refractivity contribution in [1.29, 1.82) is 0 Å². The van der Waals surface area contributed by atoms with Crippen LogP contribution in [0.5, 0.6) is 0 Å². The third-order valence-corrected chi connectivity index (χ3v) is 6.14. The molecule has 0 aromatic carbocycles. The standard InChI is InChI=1S/C9H17NO2S/c1-10(2)9-6-4-3-5-8(9)13(11,12)7-9/h8H,3-7H2,1-2H3/t8-,9+/m0/s1. The van der Waals surface area contributed by atoms with E-state index in [0.29, 0.717) is 5.75 Å². The van der Waals surface area contributed by atoms with Gasteiger partial charge in [0.2, 0.25) is 0 Å². The van der Waals surface area contributed by atoms with E-state index in [9.17, 15) is 8.42 Å². The molecule has 0 spiro atoms. The van der Waals surface area contributed by atoms with Gasteiger partial charge in [0, 0.05) is 0 Å². The third-order valence-electron chi connectivity index (χ3n) is 3.70. The fraction of sp³-hybridized carbons (Fsp3) is 1.00. The van der Waals surface area contributed by atoms with Crippen molar-refractivity contribution < 1.29 is 8.42 Å². The van der Waals surface area contributed by atoms with Crippen molar-refractivity contribution in [1.82, 2.24) is 4.90 Å². The van der Waals surface area contributed by atoms with Gasteiger partial charge in [-0.05, 0) is 26.9 Å². The van der Waals surface area contributed by atoms with Crippen LogP contribution < -0.4 is 0 Å². The fourth-order valence-corrected chi connectivity index (χ4v) is 5.67. The first-order chi connectivity index (χ1) is 5.99. The van der Waals surface area contributed by atoms with E-state index >= 15 is 0 Å². The quantitative estimate of drug-likeness (QED) is 0.628. The average molecular weight is 203 g/mol. The number of rotatable bonds is 1. The molecule has 2 fully saturated rings. The highest BCUT2D eigenvalue weighted by Crippen LogP contribution is 2.46. The Hall–Kier alpha value is -0.0900. The average Bonchev–Trinajstić information content (AvgIpc) is 2.02. The molecule has 0 amide bonds. The van der Waals surface area contributed by atoms with Crippen molar-refractivity contribution in [2.24, 2.45) is 0 Å². The van der Waals surface area contributed by atoms with E-state index in [1.807, 2.05) is 14.1 Å². The summed E-state index contributed by atoms with van der Waals surface area (Å²) < 4.78 is 23.1. The molecule has 0 radical (unpaired) electrons. The van der Waals surface area contributed by atoms with E-state index in [0.717, 1.165) is 19.3 Å². The van der Waals surface area contributed by atoms with Crippen LogP contribution in [0.4, 0.5) is 0 Å². The van der Waals surface area contributed by atoms with Gasteiger partial charge in [0.1, 0.15) is 0 Å². The summed E-state index contributed by atoms with van der Waals surface area (Å²) in [5.74, 6) is 0.387. The molecule has 0 unspecified atom stereocenters. The van der Waals surface area contributed by atoms with Gasteiger partial charge < -0.3 is 4.90 Å². The van der Waals surface area contributed by atoms with Gasteiger partial charge in [0.15, 0.2) is 9.84 Å². The van der Waals surface area contributed by atoms with Crippen molar-refractivity contribution in [3.8, 4) is 0 Å². The first kappa shape index (κ1) is 9.46. The largest absolute Gasteiger partial charge is 0.301 e. The first-order valence-corrected chi connectivity index (χ1v) is 6.60. The molecule has 2 atom stereocenters. The number of sulfone groups is 1. The van der Waals surface area contributed by atoms with E-state index in [2.05, 4.69) is 4.90 Å². The summed E-state index contributed by atoms with van der Waals surface area (Å²) in [5.41, 5.74) is -0.00289. The van der Waals surface area contributed by atoms with Gasteiger partial charge in [0.25, 0.3) is 0 Å². The van der Waals surface area contributed by atoms with Crippen LogP contribution in [-0.4, -0.2) is 44.0 Å². The lowest BCUT2D eigenvalue weighted by atomic mass is 9.80. The van der Waals surface area contributed by atoms with Gasteiger partial charge in [-0.15, -0.1) is 0 Å². The molecule has 1 saturated carbocycles. The second-order valence-electron chi connectivity index (χ2n) is 4.54. The molecular formula is C9H17NO2S. The van der Waals surface area contributed by atoms with E-state index in [4.69, 9.17) is 0 Å². The number of fused-ring (bicyclic) bond motifs is 1. The lowest BCUT2D eigenvalue weighted by Gasteiger charge is -2.55. The van der Waals surface area contributed by atoms with Crippen molar-refractivity contribution in [2.45, 2.75) is 36.5 Å². The summed E-state index contributed by atoms with van der Waals surface area (Å²) in [6, 6.07) is 0. The van der Waals surface area contributed by atoms with E-state index < -0.39 is 9.84 Å². The Kier molecular flexibility index (Phi) is 1.97. The molecule has 3 nitrogen and oxygen atoms in total. The van der Waals surface area contributed by atoms with Crippen molar-refractivity contribution in [3.05, 3.63) is 0 Å². The topological polar surface area (TPSA) is 37.4 Å². The summed E-state index contributed by atoms with van der Waals surface area (Å²) in [6.45, 7) is 0. The molecule has 1 aliphatic heterocycles. The minimum Gasteiger partial charge on any atom is -0.301 e. The summed E-state index contributed by atoms with van der Waals surface area (Å²) in [4.78, 5) is 2.12. The van der Waals surface area contributed by atoms with Crippen LogP contribution in [0.2, 0.25) is 0 Å². The van der Waals surface area contributed by atoms with Crippen LogP contribution in [0.3, 0.4) is 0 Å². The van der Waals surface area contributed by atoms with Gasteiger partial charge in [0.05, 0.1) is 16.5 Å². The zero-order chi connectivity index (χ0) is 9.69. The first-order valence-electron chi connectivity index (χ1n) is 4.88. The Balaban J connectivity index is 2.29. The molecule has 13 heavy (non-hydrogen) atoms. The second-order valence-corrected chi connectivity index (χ2v) is 6.72. The van der Waals surface area contributed by atoms with Crippen molar-refractivity contribution >= 4 is 9.84 Å². The number of hydrogen-bond acceptors (Lipinski definition) is 3. The molecule has 1 saturated heterocycles. The smallest absolute Gasteiger partial charge is 0.156 e. The summed E-state index contributed by atoms with van der Waals surface area (Å²) in [7, 11) is 1.29. The molecule has 0 N–H and O–H groups in total. The molecule has 76 valence electrons. The Morgan fingerprint density at radius 2 is 2.00 bits per heavy atom. The van der Waals surface area contributed by atoms with Crippen LogP contribution in [0.25, 0.3) is 0 Å². The van der Waals surface area contributed by atoms with Crippen LogP contribution in [0, 0.1) is 0 Å². The molecule has 1 aliphatic carbocycles. The Labute approximate surface area is 80.0 Å². The lowest BCUT2D eigenvalue weighted by Crippen LogP contribution is -2.70. The molecule has 4 heteroatoms. The normalized spacial score (nSPS) is 42.5. The van der Waals surface area contributed by atoms with Gasteiger partial charge in [-0.1, -0.05) is 12.8 Å². The summed E-state index contributed by atoms with van der Waals surface area (Å²) in [5, 5.41) is -0.0660. The van der Waals surface area contributed by atoms with E-state index in [1.165, 1.54) is 6.42 Å². The third kappa shape index (κ3) is 1.15. The van der Waals surface area contributed by atoms with Crippen LogP contribution in [0.15, 0.2) is 0 Å². The van der Waals surface area contributed by atoms with Crippen molar-refractivity contribution in [3.63, 3.8) is 0 Å². The molecule has 1 heterocycles. The van der Waals surface area contributed by atoms with Crippen LogP contribution in [0.1, 0.15) is 25.7 Å². The maximum Gasteiger partial charge on any atom is 0.156 e. The van der Waals surface area contributed by atoms with Crippen LogP contribution in [-0.2, 0) is 9.84 Å². The van der Waals surface area contributed by atoms with Gasteiger partial charge in [-0.3, -0.25) is 0 Å². The van der Waals surface area contributed by atoms with Gasteiger partial charge in [-0.2, -0.15) is 0 Å². The molecular weight excluding hydrogens is 186 g/mol. The molecule has 0 aromatic rings. The highest BCUT2D eigenvalue weighted by molar-refractivity contribution is 7.93. The van der Waals surface area contributed by atoms with Gasteiger partial charge >= 0.3 is 0 Å². The van der Waals surface area contributed by atoms with Crippen LogP contribution >= 0.6 is 0 Å². The van der Waals surface area contributed by atoms with Gasteiger partial charge in [-0.25, -0.2) is 8.42 Å². The minimum absolute atomic E-state index is 0.00289. The number of hydrogen-bond donors (Lipinski definition) is 0. The highest BCUT2D eigenvalue weighted by Gasteiger charge is 2.59. The Morgan fingerprint density at radius 3 is 2.46 bits per heavy atom. The number of nitrogens with zero attached hydrogens (tertiary/aromatic N) is 1. The fourth-order valence-electron chi connectivity index (χ4n) is 2.86. The Morgan fingerprint density at radius 1 is 1.31 bits per heavy atom. The van der Waals surface area contributed by atoms with Crippen molar-refractivity contribution in [2.75, 3.05) is 19.8 Å². The van der Waals surface area contributed by atoms with E-state index in [-0.39, 0.29) is 10.8 Å². The summed E-state index contributed by atoms with van der Waals surface area (Å²) in [6.07, 6.45) is 4.20. The highest BCUT2D eigenvalue weighted by atomic mass is 32.2. The lowest BCUT2D eigenvalue weighted by molar-refractivity contribution is 0.105. The molecule has 0 bridgehead atoms. The SMILES string of the molecule is CN(C)[C@@]12CCCC[C@@H]1S(=O)(=O)C2. The second kappa shape index (κ2) is 2.70. The molecule has 0 aromatic heterocycles. The zero-order valence-electron chi connectivity index (χ0n) is 8.28. The minimum atomic E-state index is -2.73.